The van der Waals surface area contributed by atoms with Crippen LogP contribution in [0.2, 0.25) is 5.02 Å². The van der Waals surface area contributed by atoms with E-state index in [1.165, 1.54) is 0 Å². The molecule has 0 fully saturated rings. The monoisotopic (exact) mass is 313 g/mol. The fraction of sp³-hybridized carbons (Fsp3) is 0.0625. The minimum atomic E-state index is 0.139. The van der Waals surface area contributed by atoms with Gasteiger partial charge in [-0.2, -0.15) is 0 Å². The van der Waals surface area contributed by atoms with E-state index in [0.717, 1.165) is 5.69 Å². The van der Waals surface area contributed by atoms with E-state index in [2.05, 4.69) is 10.3 Å². The molecule has 0 saturated heterocycles. The van der Waals surface area contributed by atoms with Crippen molar-refractivity contribution >= 4 is 17.9 Å². The number of hydrogen-bond acceptors (Lipinski definition) is 4. The first-order valence-corrected chi connectivity index (χ1v) is 7.00. The lowest BCUT2D eigenvalue weighted by Crippen LogP contribution is -2.07. The molecule has 5 nitrogen and oxygen atoms in total. The largest absolute Gasteiger partial charge is 0.486 e. The summed E-state index contributed by atoms with van der Waals surface area (Å²) in [5.74, 6) is 0.543. The standard InChI is InChI=1S/C16H12ClN3O2/c17-13-8-4-5-9-16(13)22-11-15-14(10-21)18-19-20(15)12-6-2-1-3-7-12/h1-10H,11H2. The van der Waals surface area contributed by atoms with Crippen LogP contribution in [-0.2, 0) is 6.61 Å². The summed E-state index contributed by atoms with van der Waals surface area (Å²) in [4.78, 5) is 11.2. The first-order chi connectivity index (χ1) is 10.8. The third-order valence-corrected chi connectivity index (χ3v) is 3.42. The molecular formula is C16H12ClN3O2. The third-order valence-electron chi connectivity index (χ3n) is 3.11. The Kier molecular flexibility index (Phi) is 4.16. The van der Waals surface area contributed by atoms with Crippen LogP contribution in [0.3, 0.4) is 0 Å². The lowest BCUT2D eigenvalue weighted by atomic mass is 10.3. The number of hydrogen-bond donors (Lipinski definition) is 0. The summed E-state index contributed by atoms with van der Waals surface area (Å²) in [6.07, 6.45) is 0.664. The van der Waals surface area contributed by atoms with E-state index in [-0.39, 0.29) is 12.3 Å². The zero-order valence-electron chi connectivity index (χ0n) is 11.5. The van der Waals surface area contributed by atoms with Gasteiger partial charge in [0.1, 0.15) is 18.1 Å². The van der Waals surface area contributed by atoms with Crippen LogP contribution in [-0.4, -0.2) is 21.3 Å². The number of carbonyl (C=O) groups excluding carboxylic acids is 1. The highest BCUT2D eigenvalue weighted by atomic mass is 35.5. The van der Waals surface area contributed by atoms with Gasteiger partial charge >= 0.3 is 0 Å². The van der Waals surface area contributed by atoms with Crippen LogP contribution in [0, 0.1) is 0 Å². The van der Waals surface area contributed by atoms with Gasteiger partial charge in [0.05, 0.1) is 10.7 Å². The molecule has 2 aromatic carbocycles. The van der Waals surface area contributed by atoms with Crippen molar-refractivity contribution in [3.05, 3.63) is 71.0 Å². The van der Waals surface area contributed by atoms with Crippen LogP contribution in [0.15, 0.2) is 54.6 Å². The van der Waals surface area contributed by atoms with Crippen molar-refractivity contribution in [2.45, 2.75) is 6.61 Å². The van der Waals surface area contributed by atoms with Gasteiger partial charge in [-0.1, -0.05) is 47.1 Å². The molecule has 1 aromatic heterocycles. The maximum absolute atomic E-state index is 11.2. The second kappa shape index (κ2) is 6.41. The van der Waals surface area contributed by atoms with Gasteiger partial charge < -0.3 is 4.74 Å². The first-order valence-electron chi connectivity index (χ1n) is 6.62. The maximum atomic E-state index is 11.2. The van der Waals surface area contributed by atoms with Crippen molar-refractivity contribution in [3.63, 3.8) is 0 Å². The van der Waals surface area contributed by atoms with E-state index in [4.69, 9.17) is 16.3 Å². The smallest absolute Gasteiger partial charge is 0.172 e. The van der Waals surface area contributed by atoms with Crippen LogP contribution < -0.4 is 4.74 Å². The van der Waals surface area contributed by atoms with E-state index in [1.807, 2.05) is 42.5 Å². The van der Waals surface area contributed by atoms with Crippen molar-refractivity contribution in [3.8, 4) is 11.4 Å². The highest BCUT2D eigenvalue weighted by Crippen LogP contribution is 2.24. The average molecular weight is 314 g/mol. The summed E-state index contributed by atoms with van der Waals surface area (Å²) < 4.78 is 7.28. The average Bonchev–Trinajstić information content (AvgIpc) is 2.98. The highest BCUT2D eigenvalue weighted by Gasteiger charge is 2.15. The molecule has 1 heterocycles. The molecule has 0 spiro atoms. The Balaban J connectivity index is 1.91. The van der Waals surface area contributed by atoms with Crippen molar-refractivity contribution in [1.29, 1.82) is 0 Å². The number of halogens is 1. The van der Waals surface area contributed by atoms with Crippen molar-refractivity contribution < 1.29 is 9.53 Å². The van der Waals surface area contributed by atoms with Crippen molar-refractivity contribution in [1.82, 2.24) is 15.0 Å². The molecule has 0 aliphatic heterocycles. The quantitative estimate of drug-likeness (QED) is 0.678. The minimum Gasteiger partial charge on any atom is -0.486 e. The normalized spacial score (nSPS) is 10.4. The molecular weight excluding hydrogens is 302 g/mol. The Hall–Kier alpha value is -2.66. The highest BCUT2D eigenvalue weighted by molar-refractivity contribution is 6.32. The zero-order valence-corrected chi connectivity index (χ0v) is 12.3. The fourth-order valence-electron chi connectivity index (χ4n) is 2.02. The Morgan fingerprint density at radius 3 is 2.55 bits per heavy atom. The molecule has 0 aliphatic rings. The Bertz CT molecular complexity index is 787. The Morgan fingerprint density at radius 1 is 1.09 bits per heavy atom. The van der Waals surface area contributed by atoms with Gasteiger partial charge in [0, 0.05) is 0 Å². The van der Waals surface area contributed by atoms with Gasteiger partial charge in [0.25, 0.3) is 0 Å². The predicted octanol–water partition coefficient (Wildman–Crippen LogP) is 3.31. The summed E-state index contributed by atoms with van der Waals surface area (Å²) in [7, 11) is 0. The summed E-state index contributed by atoms with van der Waals surface area (Å²) in [6, 6.07) is 16.6. The number of aromatic nitrogens is 3. The maximum Gasteiger partial charge on any atom is 0.172 e. The molecule has 0 bridgehead atoms. The lowest BCUT2D eigenvalue weighted by molar-refractivity contribution is 0.111. The molecule has 0 aliphatic carbocycles. The number of benzene rings is 2. The summed E-state index contributed by atoms with van der Waals surface area (Å²) >= 11 is 6.06. The van der Waals surface area contributed by atoms with E-state index in [0.29, 0.717) is 22.8 Å². The SMILES string of the molecule is O=Cc1nnn(-c2ccccc2)c1COc1ccccc1Cl. The fourth-order valence-corrected chi connectivity index (χ4v) is 2.21. The first kappa shape index (κ1) is 14.3. The van der Waals surface area contributed by atoms with E-state index in [9.17, 15) is 4.79 Å². The molecule has 0 unspecified atom stereocenters. The van der Waals surface area contributed by atoms with Gasteiger partial charge in [0.2, 0.25) is 0 Å². The van der Waals surface area contributed by atoms with E-state index in [1.54, 1.807) is 16.8 Å². The summed E-state index contributed by atoms with van der Waals surface area (Å²) in [6.45, 7) is 0.139. The topological polar surface area (TPSA) is 57.0 Å². The van der Waals surface area contributed by atoms with Gasteiger partial charge in [0.15, 0.2) is 12.0 Å². The lowest BCUT2D eigenvalue weighted by Gasteiger charge is -2.10. The summed E-state index contributed by atoms with van der Waals surface area (Å²) in [5, 5.41) is 8.40. The summed E-state index contributed by atoms with van der Waals surface area (Å²) in [5.41, 5.74) is 1.62. The molecule has 110 valence electrons. The molecule has 3 aromatic rings. The molecule has 0 saturated carbocycles. The van der Waals surface area contributed by atoms with Crippen molar-refractivity contribution in [2.24, 2.45) is 0 Å². The second-order valence-electron chi connectivity index (χ2n) is 4.51. The number of rotatable bonds is 5. The molecule has 0 N–H and O–H groups in total. The third kappa shape index (κ3) is 2.84. The molecule has 3 rings (SSSR count). The van der Waals surface area contributed by atoms with Crippen LogP contribution in [0.5, 0.6) is 5.75 Å². The van der Waals surface area contributed by atoms with Gasteiger partial charge in [-0.3, -0.25) is 4.79 Å². The molecule has 0 atom stereocenters. The molecule has 22 heavy (non-hydrogen) atoms. The van der Waals surface area contributed by atoms with Crippen LogP contribution >= 0.6 is 11.6 Å². The molecule has 0 radical (unpaired) electrons. The number of nitrogens with zero attached hydrogens (tertiary/aromatic N) is 3. The molecule has 0 amide bonds. The zero-order chi connectivity index (χ0) is 15.4. The number of carbonyl (C=O) groups is 1. The van der Waals surface area contributed by atoms with Gasteiger partial charge in [-0.05, 0) is 24.3 Å². The van der Waals surface area contributed by atoms with Crippen molar-refractivity contribution in [2.75, 3.05) is 0 Å². The second-order valence-corrected chi connectivity index (χ2v) is 4.91. The van der Waals surface area contributed by atoms with Crippen LogP contribution in [0.25, 0.3) is 5.69 Å². The number of aldehydes is 1. The Morgan fingerprint density at radius 2 is 1.82 bits per heavy atom. The van der Waals surface area contributed by atoms with Gasteiger partial charge in [-0.15, -0.1) is 5.10 Å². The van der Waals surface area contributed by atoms with Gasteiger partial charge in [-0.25, -0.2) is 4.68 Å². The van der Waals surface area contributed by atoms with Crippen LogP contribution in [0.4, 0.5) is 0 Å². The van der Waals surface area contributed by atoms with E-state index >= 15 is 0 Å². The molecule has 6 heteroatoms. The minimum absolute atomic E-state index is 0.139. The Labute approximate surface area is 132 Å². The number of ether oxygens (including phenoxy) is 1. The van der Waals surface area contributed by atoms with E-state index < -0.39 is 0 Å². The number of para-hydroxylation sites is 2. The van der Waals surface area contributed by atoms with Crippen LogP contribution in [0.1, 0.15) is 16.2 Å². The predicted molar refractivity (Wildman–Crippen MR) is 82.5 cm³/mol.